The van der Waals surface area contributed by atoms with E-state index in [2.05, 4.69) is 19.7 Å². The Morgan fingerprint density at radius 3 is 2.05 bits per heavy atom. The van der Waals surface area contributed by atoms with Crippen LogP contribution in [-0.2, 0) is 4.79 Å². The van der Waals surface area contributed by atoms with Gasteiger partial charge in [0.15, 0.2) is 0 Å². The second kappa shape index (κ2) is 11.5. The zero-order chi connectivity index (χ0) is 15.2. The highest BCUT2D eigenvalue weighted by Crippen LogP contribution is 2.08. The van der Waals surface area contributed by atoms with Crippen LogP contribution in [0.3, 0.4) is 0 Å². The molecular formula is C17H20N2O. The molecule has 1 aromatic rings. The molecule has 0 spiro atoms. The highest BCUT2D eigenvalue weighted by Gasteiger charge is 2.15. The maximum Gasteiger partial charge on any atom is 0.226 e. The minimum Gasteiger partial charge on any atom is -0.320 e. The third-order valence-corrected chi connectivity index (χ3v) is 2.46. The van der Waals surface area contributed by atoms with Crippen molar-refractivity contribution < 1.29 is 4.79 Å². The van der Waals surface area contributed by atoms with Gasteiger partial charge in [0.2, 0.25) is 5.91 Å². The molecule has 1 aromatic carbocycles. The van der Waals surface area contributed by atoms with Crippen molar-refractivity contribution >= 4 is 12.0 Å². The summed E-state index contributed by atoms with van der Waals surface area (Å²) in [6, 6.07) is 11.7. The second-order valence-corrected chi connectivity index (χ2v) is 3.82. The van der Waals surface area contributed by atoms with Gasteiger partial charge in [-0.3, -0.25) is 4.79 Å². The molecule has 1 aliphatic rings. The molecule has 2 rings (SSSR count). The quantitative estimate of drug-likeness (QED) is 0.766. The molecule has 104 valence electrons. The Balaban J connectivity index is 0.000000289. The number of carbonyl (C=O) groups is 1. The maximum atomic E-state index is 10.7. The molecule has 0 aromatic heterocycles. The lowest BCUT2D eigenvalue weighted by molar-refractivity contribution is -0.125. The van der Waals surface area contributed by atoms with Gasteiger partial charge in [0.25, 0.3) is 0 Å². The first-order valence-electron chi connectivity index (χ1n) is 6.29. The third kappa shape index (κ3) is 7.67. The number of allylic oxidation sites excluding steroid dienone is 1. The molecular weight excluding hydrogens is 248 g/mol. The Kier molecular flexibility index (Phi) is 9.99. The molecule has 3 heteroatoms. The SMILES string of the molecule is C=CC#N.C=CN1CCCC1=O.C=Cc1ccccc1. The predicted octanol–water partition coefficient (Wildman–Crippen LogP) is 3.78. The van der Waals surface area contributed by atoms with E-state index in [1.807, 2.05) is 36.4 Å². The summed E-state index contributed by atoms with van der Waals surface area (Å²) >= 11 is 0. The van der Waals surface area contributed by atoms with E-state index >= 15 is 0 Å². The van der Waals surface area contributed by atoms with Gasteiger partial charge in [-0.05, 0) is 18.2 Å². The van der Waals surface area contributed by atoms with Gasteiger partial charge in [-0.2, -0.15) is 5.26 Å². The summed E-state index contributed by atoms with van der Waals surface area (Å²) in [5, 5.41) is 7.51. The standard InChI is InChI=1S/C8H8.C6H9NO.C3H3N/c1-2-8-6-4-3-5-7-8;1-2-7-5-3-4-6(7)8;1-2-3-4/h2-7H,1H2;2H,1,3-5H2;2H,1H2. The Bertz CT molecular complexity index is 472. The summed E-state index contributed by atoms with van der Waals surface area (Å²) in [6.45, 7) is 11.1. The van der Waals surface area contributed by atoms with Crippen LogP contribution in [-0.4, -0.2) is 17.4 Å². The van der Waals surface area contributed by atoms with Gasteiger partial charge in [0.1, 0.15) is 0 Å². The van der Waals surface area contributed by atoms with Gasteiger partial charge >= 0.3 is 0 Å². The normalized spacial score (nSPS) is 11.9. The first kappa shape index (κ1) is 17.4. The zero-order valence-electron chi connectivity index (χ0n) is 11.7. The molecule has 1 amide bonds. The number of amides is 1. The van der Waals surface area contributed by atoms with E-state index in [0.29, 0.717) is 6.42 Å². The van der Waals surface area contributed by atoms with Crippen LogP contribution >= 0.6 is 0 Å². The van der Waals surface area contributed by atoms with Crippen LogP contribution in [0.25, 0.3) is 6.08 Å². The zero-order valence-corrected chi connectivity index (χ0v) is 11.7. The molecule has 20 heavy (non-hydrogen) atoms. The fourth-order valence-electron chi connectivity index (χ4n) is 1.45. The maximum absolute atomic E-state index is 10.7. The van der Waals surface area contributed by atoms with Crippen molar-refractivity contribution in [2.45, 2.75) is 12.8 Å². The number of carbonyl (C=O) groups excluding carboxylic acids is 1. The number of likely N-dealkylation sites (tertiary alicyclic amines) is 1. The van der Waals surface area contributed by atoms with E-state index in [9.17, 15) is 4.79 Å². The van der Waals surface area contributed by atoms with Gasteiger partial charge in [-0.1, -0.05) is 56.1 Å². The van der Waals surface area contributed by atoms with Crippen molar-refractivity contribution in [1.29, 1.82) is 5.26 Å². The van der Waals surface area contributed by atoms with E-state index < -0.39 is 0 Å². The Labute approximate surface area is 121 Å². The molecule has 0 bridgehead atoms. The molecule has 1 heterocycles. The number of nitriles is 1. The summed E-state index contributed by atoms with van der Waals surface area (Å²) in [4.78, 5) is 12.3. The summed E-state index contributed by atoms with van der Waals surface area (Å²) in [7, 11) is 0. The van der Waals surface area contributed by atoms with Crippen molar-refractivity contribution in [1.82, 2.24) is 4.90 Å². The Morgan fingerprint density at radius 2 is 1.80 bits per heavy atom. The van der Waals surface area contributed by atoms with Crippen LogP contribution in [0.1, 0.15) is 18.4 Å². The van der Waals surface area contributed by atoms with Crippen LogP contribution in [0, 0.1) is 11.3 Å². The van der Waals surface area contributed by atoms with Crippen molar-refractivity contribution in [2.24, 2.45) is 0 Å². The molecule has 0 aliphatic carbocycles. The van der Waals surface area contributed by atoms with E-state index in [1.54, 1.807) is 17.2 Å². The average Bonchev–Trinajstić information content (AvgIpc) is 2.94. The fraction of sp³-hybridized carbons (Fsp3) is 0.176. The minimum atomic E-state index is 0.208. The van der Waals surface area contributed by atoms with E-state index in [1.165, 1.54) is 11.6 Å². The highest BCUT2D eigenvalue weighted by atomic mass is 16.2. The molecule has 1 aliphatic heterocycles. The van der Waals surface area contributed by atoms with Gasteiger partial charge in [0, 0.05) is 19.0 Å². The lowest BCUT2D eigenvalue weighted by Gasteiger charge is -2.05. The third-order valence-electron chi connectivity index (χ3n) is 2.46. The van der Waals surface area contributed by atoms with Crippen molar-refractivity contribution in [2.75, 3.05) is 6.54 Å². The molecule has 0 radical (unpaired) electrons. The first-order valence-corrected chi connectivity index (χ1v) is 6.29. The van der Waals surface area contributed by atoms with Gasteiger partial charge in [-0.25, -0.2) is 0 Å². The summed E-state index contributed by atoms with van der Waals surface area (Å²) in [6.07, 6.45) is 6.30. The smallest absolute Gasteiger partial charge is 0.226 e. The topological polar surface area (TPSA) is 44.1 Å². The van der Waals surface area contributed by atoms with Crippen LogP contribution in [0.4, 0.5) is 0 Å². The summed E-state index contributed by atoms with van der Waals surface area (Å²) in [5.41, 5.74) is 1.17. The molecule has 1 saturated heterocycles. The van der Waals surface area contributed by atoms with Crippen LogP contribution in [0.15, 0.2) is 62.3 Å². The van der Waals surface area contributed by atoms with E-state index in [0.717, 1.165) is 13.0 Å². The van der Waals surface area contributed by atoms with Gasteiger partial charge in [0.05, 0.1) is 6.07 Å². The van der Waals surface area contributed by atoms with Crippen LogP contribution in [0.2, 0.25) is 0 Å². The second-order valence-electron chi connectivity index (χ2n) is 3.82. The molecule has 0 atom stereocenters. The Hall–Kier alpha value is -2.60. The lowest BCUT2D eigenvalue weighted by atomic mass is 10.2. The van der Waals surface area contributed by atoms with Gasteiger partial charge < -0.3 is 4.90 Å². The molecule has 1 fully saturated rings. The molecule has 0 unspecified atom stereocenters. The van der Waals surface area contributed by atoms with Crippen molar-refractivity contribution in [3.8, 4) is 6.07 Å². The molecule has 0 saturated carbocycles. The number of benzene rings is 1. The monoisotopic (exact) mass is 268 g/mol. The fourth-order valence-corrected chi connectivity index (χ4v) is 1.45. The highest BCUT2D eigenvalue weighted by molar-refractivity contribution is 5.78. The minimum absolute atomic E-state index is 0.208. The van der Waals surface area contributed by atoms with E-state index in [4.69, 9.17) is 5.26 Å². The van der Waals surface area contributed by atoms with Crippen molar-refractivity contribution in [3.63, 3.8) is 0 Å². The van der Waals surface area contributed by atoms with Crippen molar-refractivity contribution in [3.05, 3.63) is 67.9 Å². The molecule has 3 nitrogen and oxygen atoms in total. The number of hydrogen-bond donors (Lipinski definition) is 0. The number of rotatable bonds is 2. The largest absolute Gasteiger partial charge is 0.320 e. The number of nitrogens with zero attached hydrogens (tertiary/aromatic N) is 2. The van der Waals surface area contributed by atoms with Crippen LogP contribution in [0.5, 0.6) is 0 Å². The van der Waals surface area contributed by atoms with Crippen LogP contribution < -0.4 is 0 Å². The Morgan fingerprint density at radius 1 is 1.20 bits per heavy atom. The first-order chi connectivity index (χ1) is 9.69. The van der Waals surface area contributed by atoms with Gasteiger partial charge in [-0.15, -0.1) is 0 Å². The molecule has 0 N–H and O–H groups in total. The van der Waals surface area contributed by atoms with E-state index in [-0.39, 0.29) is 5.91 Å². The summed E-state index contributed by atoms with van der Waals surface area (Å²) in [5.74, 6) is 0.208. The average molecular weight is 268 g/mol. The predicted molar refractivity (Wildman–Crippen MR) is 83.5 cm³/mol. The summed E-state index contributed by atoms with van der Waals surface area (Å²) < 4.78 is 0. The lowest BCUT2D eigenvalue weighted by Crippen LogP contribution is -2.16. The number of hydrogen-bond acceptors (Lipinski definition) is 2.